The van der Waals surface area contributed by atoms with E-state index in [0.717, 1.165) is 35.4 Å². The number of amides is 1. The Morgan fingerprint density at radius 3 is 2.37 bits per heavy atom. The van der Waals surface area contributed by atoms with Gasteiger partial charge in [0.05, 0.1) is 0 Å². The van der Waals surface area contributed by atoms with E-state index in [1.54, 1.807) is 0 Å². The predicted molar refractivity (Wildman–Crippen MR) is 115 cm³/mol. The maximum Gasteiger partial charge on any atom is 0.293 e. The third-order valence-electron chi connectivity index (χ3n) is 4.53. The number of nitrogens with one attached hydrogen (secondary N) is 2. The van der Waals surface area contributed by atoms with Crippen LogP contribution in [0.15, 0.2) is 52.9 Å². The molecule has 1 aromatic heterocycles. The Balaban J connectivity index is 1.66. The van der Waals surface area contributed by atoms with Gasteiger partial charge in [0, 0.05) is 35.4 Å². The normalized spacial score (nSPS) is 10.6. The van der Waals surface area contributed by atoms with Crippen molar-refractivity contribution in [2.24, 2.45) is 0 Å². The number of rotatable bonds is 5. The first kappa shape index (κ1) is 18.9. The largest absolute Gasteiger partial charge is 0.451 e. The minimum atomic E-state index is -0.360. The number of carbonyl (C=O) groups is 1. The Morgan fingerprint density at radius 2 is 1.74 bits per heavy atom. The van der Waals surface area contributed by atoms with E-state index >= 15 is 0 Å². The minimum absolute atomic E-state index is 0.232. The van der Waals surface area contributed by atoms with Gasteiger partial charge in [-0.3, -0.25) is 10.1 Å². The van der Waals surface area contributed by atoms with Crippen LogP contribution in [0.25, 0.3) is 11.0 Å². The number of fused-ring (bicyclic) bond motifs is 1. The summed E-state index contributed by atoms with van der Waals surface area (Å²) in [4.78, 5) is 14.8. The van der Waals surface area contributed by atoms with Gasteiger partial charge in [-0.1, -0.05) is 18.2 Å². The van der Waals surface area contributed by atoms with Gasteiger partial charge in [-0.05, 0) is 63.3 Å². The summed E-state index contributed by atoms with van der Waals surface area (Å²) in [5, 5.41) is 6.88. The predicted octanol–water partition coefficient (Wildman–Crippen LogP) is 4.71. The van der Waals surface area contributed by atoms with Crippen molar-refractivity contribution in [2.75, 3.05) is 23.3 Å². The molecule has 3 rings (SSSR count). The van der Waals surface area contributed by atoms with E-state index in [0.29, 0.717) is 5.58 Å². The highest BCUT2D eigenvalue weighted by Gasteiger charge is 2.18. The van der Waals surface area contributed by atoms with Gasteiger partial charge in [-0.2, -0.15) is 0 Å². The molecule has 0 aliphatic rings. The Kier molecular flexibility index (Phi) is 5.76. The zero-order chi connectivity index (χ0) is 19.4. The average Bonchev–Trinajstić information content (AvgIpc) is 3.01. The van der Waals surface area contributed by atoms with E-state index in [1.165, 1.54) is 0 Å². The van der Waals surface area contributed by atoms with E-state index in [9.17, 15) is 4.79 Å². The molecule has 0 radical (unpaired) electrons. The fraction of sp³-hybridized carbons (Fsp3) is 0.238. The second kappa shape index (κ2) is 8.22. The summed E-state index contributed by atoms with van der Waals surface area (Å²) in [6.07, 6.45) is 0. The number of furan rings is 1. The number of nitrogens with zero attached hydrogens (tertiary/aromatic N) is 1. The van der Waals surface area contributed by atoms with Crippen molar-refractivity contribution in [3.63, 3.8) is 0 Å². The molecular weight excluding hydrogens is 358 g/mol. The molecule has 0 saturated heterocycles. The van der Waals surface area contributed by atoms with Gasteiger partial charge in [0.2, 0.25) is 0 Å². The number of hydrogen-bond acceptors (Lipinski definition) is 4. The Morgan fingerprint density at radius 1 is 1.07 bits per heavy atom. The lowest BCUT2D eigenvalue weighted by Crippen LogP contribution is -2.34. The van der Waals surface area contributed by atoms with Crippen molar-refractivity contribution in [1.29, 1.82) is 0 Å². The van der Waals surface area contributed by atoms with Crippen LogP contribution in [0.3, 0.4) is 0 Å². The van der Waals surface area contributed by atoms with Crippen LogP contribution in [0, 0.1) is 6.92 Å². The van der Waals surface area contributed by atoms with Gasteiger partial charge in [-0.25, -0.2) is 0 Å². The molecule has 5 nitrogen and oxygen atoms in total. The first-order valence-electron chi connectivity index (χ1n) is 8.99. The van der Waals surface area contributed by atoms with Gasteiger partial charge in [0.1, 0.15) is 5.58 Å². The zero-order valence-corrected chi connectivity index (χ0v) is 16.5. The average molecular weight is 382 g/mol. The van der Waals surface area contributed by atoms with Gasteiger partial charge in [-0.15, -0.1) is 0 Å². The number of anilines is 2. The highest BCUT2D eigenvalue weighted by atomic mass is 32.1. The topological polar surface area (TPSA) is 57.5 Å². The minimum Gasteiger partial charge on any atom is -0.451 e. The molecule has 1 heterocycles. The molecule has 1 amide bonds. The second-order valence-electron chi connectivity index (χ2n) is 6.18. The van der Waals surface area contributed by atoms with Gasteiger partial charge < -0.3 is 14.6 Å². The van der Waals surface area contributed by atoms with Crippen LogP contribution in [-0.4, -0.2) is 24.1 Å². The maximum absolute atomic E-state index is 12.5. The molecule has 2 aromatic carbocycles. The van der Waals surface area contributed by atoms with Gasteiger partial charge in [0.15, 0.2) is 10.9 Å². The summed E-state index contributed by atoms with van der Waals surface area (Å²) < 4.78 is 5.67. The molecule has 0 fully saturated rings. The molecule has 0 atom stereocenters. The standard InChI is InChI=1S/C21H23N3O2S/c1-4-24(5-2)16-12-10-15(11-13-16)22-21(27)23-20(25)19-14(3)17-8-6-7-9-18(17)26-19/h6-13H,4-5H2,1-3H3,(H2,22,23,25,27). The highest BCUT2D eigenvalue weighted by molar-refractivity contribution is 7.80. The van der Waals surface area contributed by atoms with E-state index in [1.807, 2.05) is 55.5 Å². The zero-order valence-electron chi connectivity index (χ0n) is 15.7. The SMILES string of the molecule is CCN(CC)c1ccc(NC(=S)NC(=O)c2oc3ccccc3c2C)cc1. The molecule has 3 aromatic rings. The van der Waals surface area contributed by atoms with Crippen LogP contribution in [0.2, 0.25) is 0 Å². The molecule has 140 valence electrons. The first-order valence-corrected chi connectivity index (χ1v) is 9.39. The lowest BCUT2D eigenvalue weighted by molar-refractivity contribution is 0.0952. The highest BCUT2D eigenvalue weighted by Crippen LogP contribution is 2.24. The summed E-state index contributed by atoms with van der Waals surface area (Å²) >= 11 is 5.27. The molecular formula is C21H23N3O2S. The monoisotopic (exact) mass is 381 g/mol. The van der Waals surface area contributed by atoms with Crippen LogP contribution >= 0.6 is 12.2 Å². The quantitative estimate of drug-likeness (QED) is 0.627. The molecule has 0 unspecified atom stereocenters. The van der Waals surface area contributed by atoms with E-state index in [2.05, 4.69) is 29.4 Å². The van der Waals surface area contributed by atoms with Crippen LogP contribution in [0.5, 0.6) is 0 Å². The van der Waals surface area contributed by atoms with Crippen molar-refractivity contribution in [3.8, 4) is 0 Å². The first-order chi connectivity index (χ1) is 13.0. The number of hydrogen-bond donors (Lipinski definition) is 2. The summed E-state index contributed by atoms with van der Waals surface area (Å²) in [6, 6.07) is 15.5. The number of carbonyl (C=O) groups excluding carboxylic acids is 1. The molecule has 0 spiro atoms. The van der Waals surface area contributed by atoms with Crippen LogP contribution in [0.4, 0.5) is 11.4 Å². The summed E-state index contributed by atoms with van der Waals surface area (Å²) in [6.45, 7) is 8.02. The maximum atomic E-state index is 12.5. The van der Waals surface area contributed by atoms with Crippen molar-refractivity contribution in [1.82, 2.24) is 5.32 Å². The smallest absolute Gasteiger partial charge is 0.293 e. The summed E-state index contributed by atoms with van der Waals surface area (Å²) in [5.41, 5.74) is 3.46. The Bertz CT molecular complexity index is 959. The van der Waals surface area contributed by atoms with Crippen LogP contribution in [-0.2, 0) is 0 Å². The summed E-state index contributed by atoms with van der Waals surface area (Å²) in [7, 11) is 0. The van der Waals surface area contributed by atoms with Crippen molar-refractivity contribution in [3.05, 3.63) is 59.9 Å². The van der Waals surface area contributed by atoms with Crippen LogP contribution in [0.1, 0.15) is 30.0 Å². The van der Waals surface area contributed by atoms with Crippen molar-refractivity contribution >= 4 is 45.6 Å². The second-order valence-corrected chi connectivity index (χ2v) is 6.59. The number of aryl methyl sites for hydroxylation is 1. The number of thiocarbonyl (C=S) groups is 1. The third-order valence-corrected chi connectivity index (χ3v) is 4.73. The molecule has 0 aliphatic carbocycles. The molecule has 27 heavy (non-hydrogen) atoms. The van der Waals surface area contributed by atoms with E-state index in [-0.39, 0.29) is 16.8 Å². The van der Waals surface area contributed by atoms with Gasteiger partial charge in [0.25, 0.3) is 5.91 Å². The Labute approximate surface area is 164 Å². The molecule has 6 heteroatoms. The molecule has 0 aliphatic heterocycles. The van der Waals surface area contributed by atoms with Crippen molar-refractivity contribution < 1.29 is 9.21 Å². The van der Waals surface area contributed by atoms with E-state index < -0.39 is 0 Å². The third kappa shape index (κ3) is 4.11. The number of para-hydroxylation sites is 1. The fourth-order valence-corrected chi connectivity index (χ4v) is 3.27. The van der Waals surface area contributed by atoms with Crippen molar-refractivity contribution in [2.45, 2.75) is 20.8 Å². The molecule has 2 N–H and O–H groups in total. The van der Waals surface area contributed by atoms with E-state index in [4.69, 9.17) is 16.6 Å². The molecule has 0 saturated carbocycles. The van der Waals surface area contributed by atoms with Crippen LogP contribution < -0.4 is 15.5 Å². The summed E-state index contributed by atoms with van der Waals surface area (Å²) in [5.74, 6) is -0.0850. The fourth-order valence-electron chi connectivity index (χ4n) is 3.06. The molecule has 0 bridgehead atoms. The Hall–Kier alpha value is -2.86. The van der Waals surface area contributed by atoms with Gasteiger partial charge >= 0.3 is 0 Å². The lowest BCUT2D eigenvalue weighted by atomic mass is 10.1. The lowest BCUT2D eigenvalue weighted by Gasteiger charge is -2.21. The number of benzene rings is 2.